The molecule has 31 valence electrons. The molecule has 0 aromatic heterocycles. The van der Waals surface area contributed by atoms with E-state index in [1.807, 2.05) is 0 Å². The fraction of sp³-hybridized carbons (Fsp3) is 0. The molecule has 0 bridgehead atoms. The molecule has 0 fully saturated rings. The molecule has 0 aromatic carbocycles. The quantitative estimate of drug-likeness (QED) is 0.404. The van der Waals surface area contributed by atoms with Crippen molar-refractivity contribution < 1.29 is 34.7 Å². The van der Waals surface area contributed by atoms with Crippen LogP contribution in [0.2, 0.25) is 0 Å². The van der Waals surface area contributed by atoms with Crippen molar-refractivity contribution in [2.75, 3.05) is 0 Å². The second-order valence-corrected chi connectivity index (χ2v) is 0. The van der Waals surface area contributed by atoms with Crippen LogP contribution in [0.25, 0.3) is 0 Å². The van der Waals surface area contributed by atoms with Crippen LogP contribution in [0.1, 0.15) is 0 Å². The Bertz CT molecular complexity index is 8.00. The molecule has 0 aliphatic rings. The van der Waals surface area contributed by atoms with E-state index in [1.54, 1.807) is 0 Å². The zero-order chi connectivity index (χ0) is 4.00. The zero-order valence-corrected chi connectivity index (χ0v) is 6.17. The van der Waals surface area contributed by atoms with Crippen LogP contribution in [0.5, 0.6) is 0 Å². The topological polar surface area (TPSA) is 17.1 Å². The van der Waals surface area contributed by atoms with E-state index in [-0.39, 0.29) is 0 Å². The Morgan fingerprint density at radius 1 is 1.50 bits per heavy atom. The van der Waals surface area contributed by atoms with E-state index >= 15 is 0 Å². The molecule has 0 spiro atoms. The van der Waals surface area contributed by atoms with Crippen LogP contribution in [0.4, 0.5) is 0 Å². The molecule has 0 heterocycles. The molecule has 0 atom stereocenters. The normalized spacial score (nSPS) is 3.75. The van der Waals surface area contributed by atoms with Crippen LogP contribution in [0.15, 0.2) is 0 Å². The van der Waals surface area contributed by atoms with Crippen molar-refractivity contribution in [2.45, 2.75) is 0 Å². The van der Waals surface area contributed by atoms with E-state index in [0.29, 0.717) is 0 Å². The fourth-order valence-electron chi connectivity index (χ4n) is 0. The first-order valence-corrected chi connectivity index (χ1v) is 4.91. The maximum atomic E-state index is 7.88. The summed E-state index contributed by atoms with van der Waals surface area (Å²) < 4.78 is 7.88. The summed E-state index contributed by atoms with van der Waals surface area (Å²) in [6.07, 6.45) is 0. The fourth-order valence-corrected chi connectivity index (χ4v) is 0. The first-order chi connectivity index (χ1) is 2.00. The molecule has 0 N–H and O–H groups in total. The Morgan fingerprint density at radius 3 is 1.50 bits per heavy atom. The second kappa shape index (κ2) is 34.9. The summed E-state index contributed by atoms with van der Waals surface area (Å²) in [4.78, 5) is 0. The molecular formula is H3FeNiOSi. The number of rotatable bonds is 0. The summed E-state index contributed by atoms with van der Waals surface area (Å²) in [7, 11) is 1.06. The van der Waals surface area contributed by atoms with Gasteiger partial charge in [-0.15, -0.1) is 0 Å². The standard InChI is InChI=1S/Fe.Ni.O.H3Si/h;;;1H3. The molecule has 0 saturated carbocycles. The van der Waals surface area contributed by atoms with Crippen LogP contribution < -0.4 is 0 Å². The molecule has 0 rings (SSSR count). The third kappa shape index (κ3) is 11.8. The first kappa shape index (κ1) is 8.90. The summed E-state index contributed by atoms with van der Waals surface area (Å²) in [5.41, 5.74) is 0. The third-order valence-electron chi connectivity index (χ3n) is 0. The van der Waals surface area contributed by atoms with E-state index in [1.165, 1.54) is 0 Å². The summed E-state index contributed by atoms with van der Waals surface area (Å²) in [5.74, 6) is 0. The van der Waals surface area contributed by atoms with Gasteiger partial charge in [-0.2, -0.15) is 0 Å². The summed E-state index contributed by atoms with van der Waals surface area (Å²) in [5, 5.41) is 0. The van der Waals surface area contributed by atoms with E-state index < -0.39 is 0 Å². The second-order valence-electron chi connectivity index (χ2n) is 0. The van der Waals surface area contributed by atoms with Crippen molar-refractivity contribution in [3.8, 4) is 0 Å². The van der Waals surface area contributed by atoms with E-state index in [9.17, 15) is 0 Å². The molecule has 0 saturated heterocycles. The third-order valence-corrected chi connectivity index (χ3v) is 0. The van der Waals surface area contributed by atoms with Crippen LogP contribution in [0, 0.1) is 0 Å². The van der Waals surface area contributed by atoms with Crippen molar-refractivity contribution in [2.24, 2.45) is 0 Å². The molecular weight excluding hydrogens is 159 g/mol. The monoisotopic (exact) mass is 161 g/mol. The van der Waals surface area contributed by atoms with Gasteiger partial charge in [0, 0.05) is 0 Å². The Morgan fingerprint density at radius 2 is 1.50 bits per heavy atom. The van der Waals surface area contributed by atoms with E-state index in [4.69, 9.17) is 3.90 Å². The zero-order valence-electron chi connectivity index (χ0n) is 2.08. The Balaban J connectivity index is 0. The van der Waals surface area contributed by atoms with Crippen molar-refractivity contribution in [1.82, 2.24) is 0 Å². The predicted octanol–water partition coefficient (Wildman–Crippen LogP) is -1.31. The van der Waals surface area contributed by atoms with Gasteiger partial charge in [-0.25, -0.2) is 0 Å². The summed E-state index contributed by atoms with van der Waals surface area (Å²) in [6, 6.07) is 0. The molecule has 0 aliphatic carbocycles. The van der Waals surface area contributed by atoms with Crippen LogP contribution in [-0.4, -0.2) is 8.85 Å². The minimum absolute atomic E-state index is 1.06. The predicted molar refractivity (Wildman–Crippen MR) is 10.6 cm³/mol. The van der Waals surface area contributed by atoms with Gasteiger partial charge in [-0.3, -0.25) is 0 Å². The van der Waals surface area contributed by atoms with Gasteiger partial charge < -0.3 is 0 Å². The Hall–Kier alpha value is 1.03. The van der Waals surface area contributed by atoms with Crippen molar-refractivity contribution in [3.05, 3.63) is 0 Å². The minimum atomic E-state index is 1.06. The molecule has 0 amide bonds. The maximum absolute atomic E-state index is 7.88. The average molecular weight is 162 g/mol. The average Bonchev–Trinajstić information content (AvgIpc) is 1.50. The van der Waals surface area contributed by atoms with Gasteiger partial charge in [0.25, 0.3) is 0 Å². The van der Waals surface area contributed by atoms with Gasteiger partial charge in [-0.05, 0) is 0 Å². The van der Waals surface area contributed by atoms with Crippen LogP contribution in [0.3, 0.4) is 0 Å². The van der Waals surface area contributed by atoms with Crippen LogP contribution in [-0.2, 0) is 34.7 Å². The molecule has 0 unspecified atom stereocenters. The molecule has 0 aliphatic heterocycles. The van der Waals surface area contributed by atoms with E-state index in [2.05, 4.69) is 30.8 Å². The SMILES string of the molecule is [O]=[Ni].[SiH3][Fe]. The van der Waals surface area contributed by atoms with Gasteiger partial charge in [0.05, 0.1) is 0 Å². The van der Waals surface area contributed by atoms with Crippen LogP contribution >= 0.6 is 0 Å². The van der Waals surface area contributed by atoms with Crippen molar-refractivity contribution in [1.29, 1.82) is 0 Å². The van der Waals surface area contributed by atoms with Crippen molar-refractivity contribution in [3.63, 3.8) is 0 Å². The van der Waals surface area contributed by atoms with Gasteiger partial charge in [0.1, 0.15) is 0 Å². The van der Waals surface area contributed by atoms with Gasteiger partial charge >= 0.3 is 43.5 Å². The molecule has 4 heteroatoms. The first-order valence-electron chi connectivity index (χ1n) is 0.483. The summed E-state index contributed by atoms with van der Waals surface area (Å²) >= 11 is 6.01. The number of hydrogen-bond donors (Lipinski definition) is 0. The Kier molecular flexibility index (Phi) is 77.6. The van der Waals surface area contributed by atoms with Gasteiger partial charge in [-0.1, -0.05) is 0 Å². The van der Waals surface area contributed by atoms with Gasteiger partial charge in [0.2, 0.25) is 0 Å². The molecule has 0 aromatic rings. The Labute approximate surface area is 43.8 Å². The summed E-state index contributed by atoms with van der Waals surface area (Å²) in [6.45, 7) is 0. The molecule has 1 nitrogen and oxygen atoms in total. The van der Waals surface area contributed by atoms with Gasteiger partial charge in [0.15, 0.2) is 0 Å². The van der Waals surface area contributed by atoms with E-state index in [0.717, 1.165) is 8.85 Å². The van der Waals surface area contributed by atoms with Crippen molar-refractivity contribution >= 4 is 8.85 Å². The molecule has 0 radical (unpaired) electrons. The molecule has 4 heavy (non-hydrogen) atoms. The number of hydrogen-bond acceptors (Lipinski definition) is 1.